The average Bonchev–Trinajstić information content (AvgIpc) is 3.17. The second-order valence-corrected chi connectivity index (χ2v) is 24.7. The second-order valence-electron chi connectivity index (χ2n) is 21.2. The first kappa shape index (κ1) is 71.5. The molecule has 0 N–H and O–H groups in total. The number of para-hydroxylation sites is 8. The number of benzene rings is 4. The summed E-state index contributed by atoms with van der Waals surface area (Å²) < 4.78 is 15.3. The van der Waals surface area contributed by atoms with E-state index in [4.69, 9.17) is 0 Å². The maximum Gasteiger partial charge on any atom is 0.329 e. The van der Waals surface area contributed by atoms with Crippen LogP contribution in [-0.4, -0.2) is 82.6 Å². The Morgan fingerprint density at radius 1 is 0.190 bits per heavy atom. The van der Waals surface area contributed by atoms with Gasteiger partial charge in [0.25, 0.3) is 0 Å². The molecule has 0 saturated carbocycles. The Kier molecular flexibility index (Phi) is 35.6. The largest absolute Gasteiger partial charge is 0.329 e. The number of aryl methyl sites for hydroxylation is 8. The van der Waals surface area contributed by atoms with Crippen LogP contribution in [0.3, 0.4) is 0 Å². The quantitative estimate of drug-likeness (QED) is 0.0148. The van der Waals surface area contributed by atoms with E-state index in [-0.39, 0.29) is 22.8 Å². The molecule has 0 aliphatic rings. The van der Waals surface area contributed by atoms with Crippen LogP contribution < -0.4 is 22.8 Å². The molecule has 0 radical (unpaired) electrons. The molecule has 84 heavy (non-hydrogen) atoms. The van der Waals surface area contributed by atoms with Gasteiger partial charge in [-0.15, -0.1) is 0 Å². The van der Waals surface area contributed by atoms with E-state index in [1.807, 2.05) is 109 Å². The lowest BCUT2D eigenvalue weighted by atomic mass is 10.2. The van der Waals surface area contributed by atoms with Gasteiger partial charge >= 0.3 is 22.8 Å². The predicted octanol–water partition coefficient (Wildman–Crippen LogP) is 14.5. The van der Waals surface area contributed by atoms with Gasteiger partial charge in [-0.2, -0.15) is 101 Å². The summed E-state index contributed by atoms with van der Waals surface area (Å²) in [6.07, 6.45) is 21.6. The van der Waals surface area contributed by atoms with Crippen molar-refractivity contribution in [1.82, 2.24) is 36.5 Å². The van der Waals surface area contributed by atoms with Crippen LogP contribution in [-0.2, 0) is 52.4 Å². The molecule has 0 aliphatic carbocycles. The summed E-state index contributed by atoms with van der Waals surface area (Å²) in [5, 5.41) is 0. The molecule has 0 spiro atoms. The highest BCUT2D eigenvalue weighted by molar-refractivity contribution is 7.81. The molecular formula is C64H96N8O4S8. The van der Waals surface area contributed by atoms with Crippen molar-refractivity contribution < 1.29 is 0 Å². The molecule has 0 aliphatic heterocycles. The van der Waals surface area contributed by atoms with Crippen molar-refractivity contribution in [3.05, 3.63) is 139 Å². The third kappa shape index (κ3) is 21.5. The highest BCUT2D eigenvalue weighted by Crippen LogP contribution is 2.19. The number of rotatable bonds is 36. The highest BCUT2D eigenvalue weighted by atomic mass is 32.1. The predicted molar refractivity (Wildman–Crippen MR) is 388 cm³/mol. The first-order valence-electron chi connectivity index (χ1n) is 30.8. The number of hydrogen-bond donors (Lipinski definition) is 8. The third-order valence-corrected chi connectivity index (χ3v) is 17.5. The van der Waals surface area contributed by atoms with Crippen molar-refractivity contribution in [3.8, 4) is 0 Å². The number of hydrogen-bond acceptors (Lipinski definition) is 12. The van der Waals surface area contributed by atoms with Gasteiger partial charge in [0, 0.05) is 52.4 Å². The van der Waals surface area contributed by atoms with E-state index >= 15 is 0 Å². The molecule has 0 saturated heterocycles. The molecule has 4 aromatic heterocycles. The summed E-state index contributed by atoms with van der Waals surface area (Å²) >= 11 is 33.9. The van der Waals surface area contributed by atoms with Crippen molar-refractivity contribution in [2.75, 3.05) is 46.0 Å². The van der Waals surface area contributed by atoms with E-state index in [1.165, 1.54) is 12.8 Å². The van der Waals surface area contributed by atoms with Gasteiger partial charge in [-0.05, 0) is 184 Å². The van der Waals surface area contributed by atoms with Crippen molar-refractivity contribution in [2.24, 2.45) is 0 Å². The Morgan fingerprint density at radius 3 is 0.500 bits per heavy atom. The maximum absolute atomic E-state index is 12.8. The van der Waals surface area contributed by atoms with Gasteiger partial charge in [0.15, 0.2) is 0 Å². The van der Waals surface area contributed by atoms with Crippen LogP contribution in [0.1, 0.15) is 128 Å². The first-order valence-corrected chi connectivity index (χ1v) is 35.8. The van der Waals surface area contributed by atoms with E-state index in [0.717, 1.165) is 258 Å². The molecule has 0 amide bonds. The second kappa shape index (κ2) is 41.8. The van der Waals surface area contributed by atoms with E-state index < -0.39 is 0 Å². The molecule has 0 fully saturated rings. The summed E-state index contributed by atoms with van der Waals surface area (Å²) in [6, 6.07) is 32.3. The number of unbranched alkanes of at least 4 members (excludes halogenated alkanes) is 12. The minimum Gasteiger partial charge on any atom is -0.292 e. The van der Waals surface area contributed by atoms with Gasteiger partial charge in [-0.25, -0.2) is 19.2 Å². The van der Waals surface area contributed by atoms with Crippen LogP contribution in [0, 0.1) is 0 Å². The van der Waals surface area contributed by atoms with Crippen LogP contribution in [0.15, 0.2) is 116 Å². The number of imidazole rings is 4. The number of fused-ring (bicyclic) bond motifs is 4. The topological polar surface area (TPSA) is 108 Å². The van der Waals surface area contributed by atoms with Gasteiger partial charge < -0.3 is 0 Å². The smallest absolute Gasteiger partial charge is 0.292 e. The Bertz CT molecular complexity index is 3150. The Labute approximate surface area is 543 Å². The molecule has 0 unspecified atom stereocenters. The molecule has 20 heteroatoms. The fourth-order valence-corrected chi connectivity index (χ4v) is 12.3. The van der Waals surface area contributed by atoms with Crippen LogP contribution in [0.25, 0.3) is 44.1 Å². The van der Waals surface area contributed by atoms with Crippen LogP contribution in [0.4, 0.5) is 0 Å². The summed E-state index contributed by atoms with van der Waals surface area (Å²) in [6.45, 7) is 6.26. The van der Waals surface area contributed by atoms with Crippen LogP contribution >= 0.6 is 101 Å². The fourth-order valence-electron chi connectivity index (χ4n) is 10.6. The van der Waals surface area contributed by atoms with Crippen molar-refractivity contribution in [1.29, 1.82) is 0 Å². The zero-order valence-electron chi connectivity index (χ0n) is 49.5. The lowest BCUT2D eigenvalue weighted by Crippen LogP contribution is -2.24. The number of nitrogens with zero attached hydrogens (tertiary/aromatic N) is 8. The van der Waals surface area contributed by atoms with Crippen LogP contribution in [0.2, 0.25) is 0 Å². The van der Waals surface area contributed by atoms with E-state index in [0.29, 0.717) is 0 Å². The summed E-state index contributed by atoms with van der Waals surface area (Å²) in [7, 11) is 0. The normalized spacial score (nSPS) is 11.3. The van der Waals surface area contributed by atoms with Gasteiger partial charge in [0.2, 0.25) is 0 Å². The van der Waals surface area contributed by atoms with Gasteiger partial charge in [0.05, 0.1) is 44.1 Å². The lowest BCUT2D eigenvalue weighted by Gasteiger charge is -2.03. The van der Waals surface area contributed by atoms with Crippen molar-refractivity contribution in [3.63, 3.8) is 0 Å². The Morgan fingerprint density at radius 2 is 0.321 bits per heavy atom. The monoisotopic (exact) mass is 1300 g/mol. The number of thiol groups is 8. The zero-order chi connectivity index (χ0) is 60.3. The van der Waals surface area contributed by atoms with Crippen molar-refractivity contribution in [2.45, 2.75) is 181 Å². The average molecular weight is 1300 g/mol. The van der Waals surface area contributed by atoms with Crippen molar-refractivity contribution >= 4 is 145 Å². The summed E-state index contributed by atoms with van der Waals surface area (Å²) in [5.41, 5.74) is 8.89. The Balaban J connectivity index is 0.000000206. The molecule has 0 atom stereocenters. The minimum atomic E-state index is 0.0831. The zero-order valence-corrected chi connectivity index (χ0v) is 56.6. The van der Waals surface area contributed by atoms with E-state index in [1.54, 1.807) is 0 Å². The standard InChI is InChI=1S/C19H30N2OS2.C17H26N2OS2.C15H22N2OS2.C13H18N2OS2/c22-19-20(13-7-1-3-9-15-23)17-11-5-6-12-18(17)21(19)14-8-2-4-10-16-24;20-17-18(11-5-1-7-13-21)15-9-3-4-10-16(15)19(17)12-6-2-8-14-22;18-15-16(9-3-5-11-19)13-7-1-2-8-14(13)17(15)10-4-6-12-20;16-13-14(7-3-9-17)11-5-1-2-6-12(11)15(13)8-4-10-18/h5-6,11-12,23-24H,1-4,7-10,13-16H2;3-4,9-10,21-22H,1-2,5-8,11-14H2;1-2,7-8,19-20H,3-6,9-12H2;1-2,5-6,17-18H,3-4,7-10H2. The molecule has 0 bridgehead atoms. The van der Waals surface area contributed by atoms with Gasteiger partial charge in [0.1, 0.15) is 0 Å². The van der Waals surface area contributed by atoms with E-state index in [2.05, 4.69) is 125 Å². The Hall–Kier alpha value is -3.24. The summed E-state index contributed by atoms with van der Waals surface area (Å²) in [5.74, 6) is 7.07. The molecular weight excluding hydrogens is 1200 g/mol. The minimum absolute atomic E-state index is 0.0831. The lowest BCUT2D eigenvalue weighted by molar-refractivity contribution is 0.543. The molecule has 8 aromatic rings. The molecule has 4 heterocycles. The maximum atomic E-state index is 12.8. The highest BCUT2D eigenvalue weighted by Gasteiger charge is 2.16. The molecule has 4 aromatic carbocycles. The molecule has 12 nitrogen and oxygen atoms in total. The molecule has 8 rings (SSSR count). The number of aromatic nitrogens is 8. The SMILES string of the molecule is O=c1n(CCCCCCS)c2ccccc2n1CCCCCCS.O=c1n(CCCCCS)c2ccccc2n1CCCCCS.O=c1n(CCCCS)c2ccccc2n1CCCCS.O=c1n(CCCS)c2ccccc2n1CCCS. The molecule has 464 valence electrons. The third-order valence-electron chi connectivity index (χ3n) is 15.0. The van der Waals surface area contributed by atoms with Crippen LogP contribution in [0.5, 0.6) is 0 Å². The van der Waals surface area contributed by atoms with Gasteiger partial charge in [-0.3, -0.25) is 36.5 Å². The van der Waals surface area contributed by atoms with E-state index in [9.17, 15) is 19.2 Å². The summed E-state index contributed by atoms with van der Waals surface area (Å²) in [4.78, 5) is 50.5. The first-order chi connectivity index (χ1) is 41.2. The van der Waals surface area contributed by atoms with Gasteiger partial charge in [-0.1, -0.05) is 87.1 Å². The fraction of sp³-hybridized carbons (Fsp3) is 0.562.